The van der Waals surface area contributed by atoms with E-state index in [9.17, 15) is 4.79 Å². The Balaban J connectivity index is 1.50. The van der Waals surface area contributed by atoms with Crippen molar-refractivity contribution in [1.29, 1.82) is 0 Å². The van der Waals surface area contributed by atoms with Gasteiger partial charge in [-0.05, 0) is 49.9 Å². The topological polar surface area (TPSA) is 35.6 Å². The minimum Gasteiger partial charge on any atom is -0.374 e. The lowest BCUT2D eigenvalue weighted by atomic mass is 9.89. The summed E-state index contributed by atoms with van der Waals surface area (Å²) in [5.41, 5.74) is 2.69. The molecule has 0 aliphatic carbocycles. The zero-order valence-electron chi connectivity index (χ0n) is 16.0. The van der Waals surface area contributed by atoms with Crippen LogP contribution in [0.2, 0.25) is 0 Å². The Kier molecular flexibility index (Phi) is 6.00. The summed E-state index contributed by atoms with van der Waals surface area (Å²) >= 11 is 0. The Morgan fingerprint density at radius 3 is 2.60 bits per heavy atom. The summed E-state index contributed by atoms with van der Waals surface area (Å²) in [6.45, 7) is 9.64. The van der Waals surface area contributed by atoms with Crippen molar-refractivity contribution in [3.63, 3.8) is 0 Å². The van der Waals surface area contributed by atoms with Crippen LogP contribution < -0.4 is 10.2 Å². The van der Waals surface area contributed by atoms with Crippen LogP contribution in [0.4, 0.5) is 5.69 Å². The van der Waals surface area contributed by atoms with Crippen molar-refractivity contribution < 1.29 is 4.79 Å². The Morgan fingerprint density at radius 2 is 1.88 bits per heavy atom. The van der Waals surface area contributed by atoms with Crippen LogP contribution in [0.5, 0.6) is 0 Å². The molecule has 4 nitrogen and oxygen atoms in total. The number of carbonyl (C=O) groups excluding carboxylic acids is 1. The fraction of sp³-hybridized carbons (Fsp3) is 0.667. The number of rotatable bonds is 5. The molecule has 1 atom stereocenters. The third-order valence-corrected chi connectivity index (χ3v) is 5.71. The summed E-state index contributed by atoms with van der Waals surface area (Å²) in [7, 11) is 2.15. The SMILES string of the molecule is CC(C)CN1CCC(C(=O)NC[C@@H]2CCN(C)c3ccccc32)CC1. The highest BCUT2D eigenvalue weighted by molar-refractivity contribution is 5.78. The molecule has 4 heteroatoms. The van der Waals surface area contributed by atoms with E-state index < -0.39 is 0 Å². The molecule has 1 amide bonds. The van der Waals surface area contributed by atoms with Gasteiger partial charge in [-0.3, -0.25) is 4.79 Å². The lowest BCUT2D eigenvalue weighted by molar-refractivity contribution is -0.126. The molecule has 1 fully saturated rings. The molecule has 2 aliphatic rings. The van der Waals surface area contributed by atoms with Crippen LogP contribution in [0.25, 0.3) is 0 Å². The standard InChI is InChI=1S/C21H33N3O/c1-16(2)15-24-12-9-17(10-13-24)21(25)22-14-18-8-11-23(3)20-7-5-4-6-19(18)20/h4-7,16-18H,8-15H2,1-3H3,(H,22,25)/t18-/m0/s1. The van der Waals surface area contributed by atoms with Crippen molar-refractivity contribution in [2.45, 2.75) is 39.0 Å². The van der Waals surface area contributed by atoms with Crippen molar-refractivity contribution in [1.82, 2.24) is 10.2 Å². The van der Waals surface area contributed by atoms with E-state index in [1.807, 2.05) is 0 Å². The molecule has 3 rings (SSSR count). The number of hydrogen-bond donors (Lipinski definition) is 1. The van der Waals surface area contributed by atoms with Gasteiger partial charge in [0.15, 0.2) is 0 Å². The van der Waals surface area contributed by atoms with Crippen molar-refractivity contribution >= 4 is 11.6 Å². The van der Waals surface area contributed by atoms with Crippen LogP contribution in [0.3, 0.4) is 0 Å². The highest BCUT2D eigenvalue weighted by Gasteiger charge is 2.27. The van der Waals surface area contributed by atoms with Gasteiger partial charge in [0.2, 0.25) is 5.91 Å². The van der Waals surface area contributed by atoms with Gasteiger partial charge >= 0.3 is 0 Å². The molecule has 1 N–H and O–H groups in total. The van der Waals surface area contributed by atoms with E-state index in [4.69, 9.17) is 0 Å². The number of piperidine rings is 1. The fourth-order valence-corrected chi connectivity index (χ4v) is 4.28. The quantitative estimate of drug-likeness (QED) is 0.892. The van der Waals surface area contributed by atoms with Crippen LogP contribution in [-0.2, 0) is 4.79 Å². The smallest absolute Gasteiger partial charge is 0.223 e. The largest absolute Gasteiger partial charge is 0.374 e. The van der Waals surface area contributed by atoms with Gasteiger partial charge in [0.05, 0.1) is 0 Å². The van der Waals surface area contributed by atoms with Gasteiger partial charge in [0.1, 0.15) is 0 Å². The molecule has 0 radical (unpaired) electrons. The summed E-state index contributed by atoms with van der Waals surface area (Å²) in [6, 6.07) is 8.61. The molecule has 0 bridgehead atoms. The molecule has 138 valence electrons. The van der Waals surface area contributed by atoms with E-state index in [1.165, 1.54) is 11.3 Å². The van der Waals surface area contributed by atoms with Crippen molar-refractivity contribution in [2.75, 3.05) is 44.7 Å². The van der Waals surface area contributed by atoms with Gasteiger partial charge in [0, 0.05) is 44.2 Å². The number of carbonyl (C=O) groups is 1. The number of anilines is 1. The molecular formula is C21H33N3O. The first-order valence-electron chi connectivity index (χ1n) is 9.84. The zero-order chi connectivity index (χ0) is 17.8. The third-order valence-electron chi connectivity index (χ3n) is 5.71. The zero-order valence-corrected chi connectivity index (χ0v) is 16.0. The van der Waals surface area contributed by atoms with Crippen molar-refractivity contribution in [3.8, 4) is 0 Å². The molecule has 2 aliphatic heterocycles. The molecule has 25 heavy (non-hydrogen) atoms. The lowest BCUT2D eigenvalue weighted by Crippen LogP contribution is -2.43. The fourth-order valence-electron chi connectivity index (χ4n) is 4.28. The van der Waals surface area contributed by atoms with Crippen molar-refractivity contribution in [3.05, 3.63) is 29.8 Å². The molecular weight excluding hydrogens is 310 g/mol. The molecule has 2 heterocycles. The van der Waals surface area contributed by atoms with Gasteiger partial charge in [0.25, 0.3) is 0 Å². The summed E-state index contributed by atoms with van der Waals surface area (Å²) in [5.74, 6) is 1.61. The molecule has 1 saturated heterocycles. The number of benzene rings is 1. The number of likely N-dealkylation sites (tertiary alicyclic amines) is 1. The second kappa shape index (κ2) is 8.22. The second-order valence-corrected chi connectivity index (χ2v) is 8.18. The highest BCUT2D eigenvalue weighted by Crippen LogP contribution is 2.33. The number of hydrogen-bond acceptors (Lipinski definition) is 3. The predicted octanol–water partition coefficient (Wildman–Crippen LogP) is 3.09. The number of nitrogens with one attached hydrogen (secondary N) is 1. The minimum atomic E-state index is 0.199. The number of fused-ring (bicyclic) bond motifs is 1. The normalized spacial score (nSPS) is 22.1. The van der Waals surface area contributed by atoms with E-state index in [0.717, 1.165) is 52.0 Å². The summed E-state index contributed by atoms with van der Waals surface area (Å²) in [5, 5.41) is 3.26. The lowest BCUT2D eigenvalue weighted by Gasteiger charge is -2.34. The maximum atomic E-state index is 12.6. The average Bonchev–Trinajstić information content (AvgIpc) is 2.61. The molecule has 1 aromatic rings. The first-order valence-corrected chi connectivity index (χ1v) is 9.84. The van der Waals surface area contributed by atoms with E-state index in [2.05, 4.69) is 60.3 Å². The van der Waals surface area contributed by atoms with Crippen LogP contribution in [-0.4, -0.2) is 50.6 Å². The van der Waals surface area contributed by atoms with E-state index in [-0.39, 0.29) is 11.8 Å². The van der Waals surface area contributed by atoms with Crippen LogP contribution in [0.15, 0.2) is 24.3 Å². The summed E-state index contributed by atoms with van der Waals surface area (Å²) in [6.07, 6.45) is 3.12. The number of amides is 1. The molecule has 0 aromatic heterocycles. The van der Waals surface area contributed by atoms with Gasteiger partial charge in [-0.25, -0.2) is 0 Å². The first-order chi connectivity index (χ1) is 12.0. The Labute approximate surface area is 152 Å². The number of para-hydroxylation sites is 1. The molecule has 0 saturated carbocycles. The second-order valence-electron chi connectivity index (χ2n) is 8.18. The Hall–Kier alpha value is -1.55. The Bertz CT molecular complexity index is 578. The van der Waals surface area contributed by atoms with E-state index >= 15 is 0 Å². The maximum Gasteiger partial charge on any atom is 0.223 e. The maximum absolute atomic E-state index is 12.6. The van der Waals surface area contributed by atoms with Crippen LogP contribution in [0, 0.1) is 11.8 Å². The first kappa shape index (κ1) is 18.2. The average molecular weight is 344 g/mol. The van der Waals surface area contributed by atoms with Crippen LogP contribution >= 0.6 is 0 Å². The van der Waals surface area contributed by atoms with Gasteiger partial charge < -0.3 is 15.1 Å². The van der Waals surface area contributed by atoms with Gasteiger partial charge in [-0.1, -0.05) is 32.0 Å². The molecule has 0 unspecified atom stereocenters. The predicted molar refractivity (Wildman–Crippen MR) is 104 cm³/mol. The van der Waals surface area contributed by atoms with E-state index in [1.54, 1.807) is 0 Å². The van der Waals surface area contributed by atoms with E-state index in [0.29, 0.717) is 11.8 Å². The highest BCUT2D eigenvalue weighted by atomic mass is 16.1. The summed E-state index contributed by atoms with van der Waals surface area (Å²) in [4.78, 5) is 17.4. The molecule has 0 spiro atoms. The molecule has 1 aromatic carbocycles. The number of nitrogens with zero attached hydrogens (tertiary/aromatic N) is 2. The minimum absolute atomic E-state index is 0.199. The van der Waals surface area contributed by atoms with Gasteiger partial charge in [-0.2, -0.15) is 0 Å². The van der Waals surface area contributed by atoms with Crippen LogP contribution in [0.1, 0.15) is 44.6 Å². The summed E-state index contributed by atoms with van der Waals surface area (Å²) < 4.78 is 0. The monoisotopic (exact) mass is 343 g/mol. The van der Waals surface area contributed by atoms with Crippen molar-refractivity contribution in [2.24, 2.45) is 11.8 Å². The Morgan fingerprint density at radius 1 is 1.16 bits per heavy atom. The van der Waals surface area contributed by atoms with Gasteiger partial charge in [-0.15, -0.1) is 0 Å². The third kappa shape index (κ3) is 4.55.